The van der Waals surface area contributed by atoms with Crippen LogP contribution >= 0.6 is 0 Å². The Labute approximate surface area is 101 Å². The van der Waals surface area contributed by atoms with Crippen LogP contribution in [0.4, 0.5) is 5.69 Å². The van der Waals surface area contributed by atoms with Crippen LogP contribution in [0.5, 0.6) is 5.75 Å². The predicted octanol–water partition coefficient (Wildman–Crippen LogP) is 1.94. The van der Waals surface area contributed by atoms with E-state index in [0.717, 1.165) is 0 Å². The number of benzene rings is 1. The molecule has 0 atom stereocenters. The van der Waals surface area contributed by atoms with Crippen molar-refractivity contribution >= 4 is 17.6 Å². The van der Waals surface area contributed by atoms with Crippen molar-refractivity contribution in [2.75, 3.05) is 5.32 Å². The van der Waals surface area contributed by atoms with Gasteiger partial charge in [0.25, 0.3) is 5.91 Å². The van der Waals surface area contributed by atoms with E-state index in [0.29, 0.717) is 5.56 Å². The second kappa shape index (κ2) is 4.62. The molecule has 0 bridgehead atoms. The largest absolute Gasteiger partial charge is 0.507 e. The van der Waals surface area contributed by atoms with Gasteiger partial charge in [-0.1, -0.05) is 0 Å². The van der Waals surface area contributed by atoms with Gasteiger partial charge < -0.3 is 19.9 Å². The van der Waals surface area contributed by atoms with Crippen LogP contribution in [0, 0.1) is 0 Å². The summed E-state index contributed by atoms with van der Waals surface area (Å²) in [6.45, 7) is 0. The Balaban J connectivity index is 2.22. The molecule has 0 aliphatic carbocycles. The first-order valence-electron chi connectivity index (χ1n) is 4.98. The molecule has 3 N–H and O–H groups in total. The summed E-state index contributed by atoms with van der Waals surface area (Å²) in [6, 6.07) is 5.26. The maximum atomic E-state index is 11.7. The standard InChI is InChI=1S/C12H9NO5/c14-10-2-1-8(5-9(10)12(16)17)13-11(15)7-3-4-18-6-7/h1-6,14H,(H,13,15)(H,16,17). The minimum atomic E-state index is -1.27. The zero-order valence-electron chi connectivity index (χ0n) is 9.08. The maximum absolute atomic E-state index is 11.7. The van der Waals surface area contributed by atoms with Crippen LogP contribution in [-0.2, 0) is 0 Å². The second-order valence-corrected chi connectivity index (χ2v) is 3.50. The van der Waals surface area contributed by atoms with Crippen LogP contribution in [0.3, 0.4) is 0 Å². The van der Waals surface area contributed by atoms with Gasteiger partial charge in [0.15, 0.2) is 0 Å². The molecular weight excluding hydrogens is 238 g/mol. The van der Waals surface area contributed by atoms with Crippen molar-refractivity contribution in [2.24, 2.45) is 0 Å². The topological polar surface area (TPSA) is 99.8 Å². The number of carboxylic acid groups (broad SMARTS) is 1. The SMILES string of the molecule is O=C(Nc1ccc(O)c(C(=O)O)c1)c1ccoc1. The highest BCUT2D eigenvalue weighted by Gasteiger charge is 2.12. The Kier molecular flexibility index (Phi) is 3.01. The van der Waals surface area contributed by atoms with Crippen LogP contribution < -0.4 is 5.32 Å². The van der Waals surface area contributed by atoms with Crippen molar-refractivity contribution in [3.63, 3.8) is 0 Å². The number of nitrogens with one attached hydrogen (secondary N) is 1. The monoisotopic (exact) mass is 247 g/mol. The fraction of sp³-hybridized carbons (Fsp3) is 0. The molecular formula is C12H9NO5. The lowest BCUT2D eigenvalue weighted by Gasteiger charge is -2.05. The number of rotatable bonds is 3. The van der Waals surface area contributed by atoms with Gasteiger partial charge in [0.1, 0.15) is 17.6 Å². The molecule has 6 heteroatoms. The lowest BCUT2D eigenvalue weighted by Crippen LogP contribution is -2.11. The zero-order valence-corrected chi connectivity index (χ0v) is 9.08. The number of anilines is 1. The van der Waals surface area contributed by atoms with E-state index in [9.17, 15) is 14.7 Å². The third-order valence-electron chi connectivity index (χ3n) is 2.27. The molecule has 0 radical (unpaired) electrons. The van der Waals surface area contributed by atoms with Gasteiger partial charge in [-0.15, -0.1) is 0 Å². The Morgan fingerprint density at radius 1 is 1.22 bits per heavy atom. The van der Waals surface area contributed by atoms with Crippen LogP contribution in [0.2, 0.25) is 0 Å². The number of carbonyl (C=O) groups is 2. The molecule has 1 heterocycles. The number of furan rings is 1. The predicted molar refractivity (Wildman–Crippen MR) is 61.7 cm³/mol. The summed E-state index contributed by atoms with van der Waals surface area (Å²) in [5, 5.41) is 20.6. The van der Waals surface area contributed by atoms with Crippen LogP contribution in [0.1, 0.15) is 20.7 Å². The third kappa shape index (κ3) is 2.32. The number of amides is 1. The normalized spacial score (nSPS) is 10.0. The molecule has 0 saturated heterocycles. The fourth-order valence-electron chi connectivity index (χ4n) is 1.38. The summed E-state index contributed by atoms with van der Waals surface area (Å²) in [4.78, 5) is 22.5. The number of hydrogen-bond donors (Lipinski definition) is 3. The third-order valence-corrected chi connectivity index (χ3v) is 2.27. The fourth-order valence-corrected chi connectivity index (χ4v) is 1.38. The van der Waals surface area contributed by atoms with E-state index >= 15 is 0 Å². The minimum absolute atomic E-state index is 0.274. The average molecular weight is 247 g/mol. The second-order valence-electron chi connectivity index (χ2n) is 3.50. The molecule has 0 aliphatic heterocycles. The van der Waals surface area contributed by atoms with Gasteiger partial charge >= 0.3 is 5.97 Å². The van der Waals surface area contributed by atoms with E-state index in [1.165, 1.54) is 36.8 Å². The Bertz CT molecular complexity index is 589. The molecule has 0 unspecified atom stereocenters. The van der Waals surface area contributed by atoms with E-state index in [1.807, 2.05) is 0 Å². The molecule has 0 saturated carbocycles. The molecule has 0 fully saturated rings. The highest BCUT2D eigenvalue weighted by molar-refractivity contribution is 6.04. The summed E-state index contributed by atoms with van der Waals surface area (Å²) in [5.41, 5.74) is 0.316. The van der Waals surface area contributed by atoms with E-state index < -0.39 is 11.9 Å². The average Bonchev–Trinajstić information content (AvgIpc) is 2.85. The highest BCUT2D eigenvalue weighted by Crippen LogP contribution is 2.21. The van der Waals surface area contributed by atoms with Gasteiger partial charge in [0, 0.05) is 5.69 Å². The Morgan fingerprint density at radius 2 is 2.00 bits per heavy atom. The molecule has 0 spiro atoms. The lowest BCUT2D eigenvalue weighted by atomic mass is 10.1. The minimum Gasteiger partial charge on any atom is -0.507 e. The smallest absolute Gasteiger partial charge is 0.339 e. The molecule has 18 heavy (non-hydrogen) atoms. The van der Waals surface area contributed by atoms with Crippen LogP contribution in [-0.4, -0.2) is 22.1 Å². The van der Waals surface area contributed by atoms with E-state index in [2.05, 4.69) is 5.32 Å². The van der Waals surface area contributed by atoms with Gasteiger partial charge in [-0.25, -0.2) is 4.79 Å². The number of hydrogen-bond acceptors (Lipinski definition) is 4. The molecule has 1 aromatic carbocycles. The number of aromatic hydroxyl groups is 1. The van der Waals surface area contributed by atoms with Gasteiger partial charge in [-0.2, -0.15) is 0 Å². The molecule has 0 aliphatic rings. The summed E-state index contributed by atoms with van der Waals surface area (Å²) >= 11 is 0. The van der Waals surface area contributed by atoms with Crippen LogP contribution in [0.15, 0.2) is 41.2 Å². The van der Waals surface area contributed by atoms with Gasteiger partial charge in [-0.05, 0) is 24.3 Å². The van der Waals surface area contributed by atoms with Crippen molar-refractivity contribution in [1.29, 1.82) is 0 Å². The first-order valence-corrected chi connectivity index (χ1v) is 4.98. The van der Waals surface area contributed by atoms with Crippen molar-refractivity contribution in [3.8, 4) is 5.75 Å². The quantitative estimate of drug-likeness (QED) is 0.719. The summed E-state index contributed by atoms with van der Waals surface area (Å²) < 4.78 is 4.76. The molecule has 1 amide bonds. The number of carboxylic acids is 1. The van der Waals surface area contributed by atoms with E-state index in [4.69, 9.17) is 9.52 Å². The van der Waals surface area contributed by atoms with E-state index in [1.54, 1.807) is 0 Å². The zero-order chi connectivity index (χ0) is 13.1. The summed E-state index contributed by atoms with van der Waals surface area (Å²) in [5.74, 6) is -2.05. The molecule has 1 aromatic heterocycles. The maximum Gasteiger partial charge on any atom is 0.339 e. The van der Waals surface area contributed by atoms with Crippen molar-refractivity contribution < 1.29 is 24.2 Å². The van der Waals surface area contributed by atoms with Crippen LogP contribution in [0.25, 0.3) is 0 Å². The summed E-state index contributed by atoms with van der Waals surface area (Å²) in [6.07, 6.45) is 2.63. The van der Waals surface area contributed by atoms with Crippen molar-refractivity contribution in [2.45, 2.75) is 0 Å². The van der Waals surface area contributed by atoms with Gasteiger partial charge in [0.05, 0.1) is 11.8 Å². The van der Waals surface area contributed by atoms with Crippen molar-refractivity contribution in [1.82, 2.24) is 0 Å². The number of carbonyl (C=O) groups excluding carboxylic acids is 1. The first-order chi connectivity index (χ1) is 8.58. The van der Waals surface area contributed by atoms with Gasteiger partial charge in [-0.3, -0.25) is 4.79 Å². The van der Waals surface area contributed by atoms with Gasteiger partial charge in [0.2, 0.25) is 0 Å². The van der Waals surface area contributed by atoms with E-state index in [-0.39, 0.29) is 17.0 Å². The Hall–Kier alpha value is -2.76. The van der Waals surface area contributed by atoms with Crippen molar-refractivity contribution in [3.05, 3.63) is 47.9 Å². The number of aromatic carboxylic acids is 1. The molecule has 2 rings (SSSR count). The molecule has 92 valence electrons. The summed E-state index contributed by atoms with van der Waals surface area (Å²) in [7, 11) is 0. The Morgan fingerprint density at radius 3 is 2.61 bits per heavy atom. The lowest BCUT2D eigenvalue weighted by molar-refractivity contribution is 0.0693. The highest BCUT2D eigenvalue weighted by atomic mass is 16.4. The molecule has 2 aromatic rings. The molecule has 6 nitrogen and oxygen atoms in total. The number of phenols is 1. The first kappa shape index (κ1) is 11.7.